The lowest BCUT2D eigenvalue weighted by molar-refractivity contribution is -0.143. The van der Waals surface area contributed by atoms with Gasteiger partial charge in [0.05, 0.1) is 5.92 Å². The van der Waals surface area contributed by atoms with Crippen LogP contribution in [0.1, 0.15) is 32.1 Å². The van der Waals surface area contributed by atoms with Crippen LogP contribution in [0.15, 0.2) is 0 Å². The highest BCUT2D eigenvalue weighted by Gasteiger charge is 2.28. The summed E-state index contributed by atoms with van der Waals surface area (Å²) in [4.78, 5) is 27.1. The second-order valence-electron chi connectivity index (χ2n) is 6.39. The molecule has 6 heteroatoms. The minimum absolute atomic E-state index is 0.103. The molecule has 2 saturated heterocycles. The SMILES string of the molecule is CN1CCC(CCNC(=O)N2CCC[C@@H](C(=O)O)C2)CC1. The van der Waals surface area contributed by atoms with E-state index in [0.29, 0.717) is 32.0 Å². The maximum Gasteiger partial charge on any atom is 0.317 e. The molecule has 0 aromatic rings. The van der Waals surface area contributed by atoms with E-state index in [1.807, 2.05) is 0 Å². The number of hydrogen-bond donors (Lipinski definition) is 2. The smallest absolute Gasteiger partial charge is 0.317 e. The summed E-state index contributed by atoms with van der Waals surface area (Å²) in [6.07, 6.45) is 4.89. The highest BCUT2D eigenvalue weighted by molar-refractivity contribution is 5.76. The van der Waals surface area contributed by atoms with Gasteiger partial charge in [0.2, 0.25) is 0 Å². The van der Waals surface area contributed by atoms with Gasteiger partial charge in [-0.15, -0.1) is 0 Å². The molecular formula is C15H27N3O3. The normalized spacial score (nSPS) is 24.8. The van der Waals surface area contributed by atoms with Crippen molar-refractivity contribution in [3.8, 4) is 0 Å². The number of carboxylic acids is 1. The van der Waals surface area contributed by atoms with Crippen molar-refractivity contribution in [3.63, 3.8) is 0 Å². The van der Waals surface area contributed by atoms with Gasteiger partial charge in [-0.2, -0.15) is 0 Å². The Hall–Kier alpha value is -1.30. The van der Waals surface area contributed by atoms with Crippen LogP contribution in [0.5, 0.6) is 0 Å². The summed E-state index contributed by atoms with van der Waals surface area (Å²) in [7, 11) is 2.15. The molecule has 120 valence electrons. The van der Waals surface area contributed by atoms with Crippen molar-refractivity contribution in [3.05, 3.63) is 0 Å². The summed E-state index contributed by atoms with van der Waals surface area (Å²) in [5.41, 5.74) is 0. The van der Waals surface area contributed by atoms with Crippen LogP contribution in [0, 0.1) is 11.8 Å². The number of likely N-dealkylation sites (tertiary alicyclic amines) is 2. The van der Waals surface area contributed by atoms with Gasteiger partial charge >= 0.3 is 12.0 Å². The first-order valence-electron chi connectivity index (χ1n) is 8.00. The molecule has 2 amide bonds. The van der Waals surface area contributed by atoms with E-state index in [-0.39, 0.29) is 6.03 Å². The molecule has 2 heterocycles. The summed E-state index contributed by atoms with van der Waals surface area (Å²) in [5.74, 6) is -0.494. The van der Waals surface area contributed by atoms with Gasteiger partial charge in [0.1, 0.15) is 0 Å². The molecule has 2 N–H and O–H groups in total. The van der Waals surface area contributed by atoms with Crippen molar-refractivity contribution < 1.29 is 14.7 Å². The summed E-state index contributed by atoms with van der Waals surface area (Å²) < 4.78 is 0. The van der Waals surface area contributed by atoms with E-state index in [4.69, 9.17) is 5.11 Å². The van der Waals surface area contributed by atoms with Crippen LogP contribution < -0.4 is 5.32 Å². The molecule has 1 atom stereocenters. The zero-order valence-corrected chi connectivity index (χ0v) is 12.9. The minimum Gasteiger partial charge on any atom is -0.481 e. The largest absolute Gasteiger partial charge is 0.481 e. The number of rotatable bonds is 4. The Bertz CT molecular complexity index is 367. The second-order valence-corrected chi connectivity index (χ2v) is 6.39. The Labute approximate surface area is 126 Å². The number of amides is 2. The van der Waals surface area contributed by atoms with Crippen LogP contribution in [0.3, 0.4) is 0 Å². The quantitative estimate of drug-likeness (QED) is 0.818. The monoisotopic (exact) mass is 297 g/mol. The summed E-state index contributed by atoms with van der Waals surface area (Å²) in [5, 5.41) is 12.0. The molecule has 0 saturated carbocycles. The number of carbonyl (C=O) groups excluding carboxylic acids is 1. The van der Waals surface area contributed by atoms with Crippen LogP contribution >= 0.6 is 0 Å². The molecule has 0 spiro atoms. The molecule has 2 rings (SSSR count). The van der Waals surface area contributed by atoms with Crippen molar-refractivity contribution >= 4 is 12.0 Å². The van der Waals surface area contributed by atoms with E-state index < -0.39 is 11.9 Å². The molecule has 0 radical (unpaired) electrons. The van der Waals surface area contributed by atoms with Gasteiger partial charge in [-0.1, -0.05) is 0 Å². The third kappa shape index (κ3) is 4.88. The van der Waals surface area contributed by atoms with Crippen LogP contribution in [0.2, 0.25) is 0 Å². The first-order chi connectivity index (χ1) is 10.1. The minimum atomic E-state index is -0.793. The average molecular weight is 297 g/mol. The lowest BCUT2D eigenvalue weighted by atomic mass is 9.94. The van der Waals surface area contributed by atoms with Crippen molar-refractivity contribution in [1.29, 1.82) is 0 Å². The fourth-order valence-electron chi connectivity index (χ4n) is 3.21. The zero-order valence-electron chi connectivity index (χ0n) is 12.9. The number of carboxylic acid groups (broad SMARTS) is 1. The molecule has 0 unspecified atom stereocenters. The molecule has 0 aromatic carbocycles. The van der Waals surface area contributed by atoms with Gasteiger partial charge < -0.3 is 20.2 Å². The van der Waals surface area contributed by atoms with E-state index in [1.165, 1.54) is 12.8 Å². The van der Waals surface area contributed by atoms with Crippen molar-refractivity contribution in [1.82, 2.24) is 15.1 Å². The van der Waals surface area contributed by atoms with E-state index in [1.54, 1.807) is 4.90 Å². The maximum absolute atomic E-state index is 12.1. The first kappa shape index (κ1) is 16.1. The molecule has 21 heavy (non-hydrogen) atoms. The third-order valence-corrected chi connectivity index (χ3v) is 4.72. The van der Waals surface area contributed by atoms with Crippen molar-refractivity contribution in [2.45, 2.75) is 32.1 Å². The predicted molar refractivity (Wildman–Crippen MR) is 80.2 cm³/mol. The van der Waals surface area contributed by atoms with Gasteiger partial charge in [-0.3, -0.25) is 4.79 Å². The summed E-state index contributed by atoms with van der Waals surface area (Å²) >= 11 is 0. The lowest BCUT2D eigenvalue weighted by Gasteiger charge is -2.31. The Morgan fingerprint density at radius 2 is 1.90 bits per heavy atom. The first-order valence-corrected chi connectivity index (χ1v) is 8.00. The Balaban J connectivity index is 1.66. The number of urea groups is 1. The van der Waals surface area contributed by atoms with Gasteiger partial charge in [0.25, 0.3) is 0 Å². The topological polar surface area (TPSA) is 72.9 Å². The molecule has 0 aromatic heterocycles. The number of nitrogens with one attached hydrogen (secondary N) is 1. The number of piperidine rings is 2. The number of hydrogen-bond acceptors (Lipinski definition) is 3. The predicted octanol–water partition coefficient (Wildman–Crippen LogP) is 1.22. The molecular weight excluding hydrogens is 270 g/mol. The van der Waals surface area contributed by atoms with E-state index in [2.05, 4.69) is 17.3 Å². The van der Waals surface area contributed by atoms with Crippen LogP contribution in [0.25, 0.3) is 0 Å². The average Bonchev–Trinajstić information content (AvgIpc) is 2.49. The zero-order chi connectivity index (χ0) is 15.2. The van der Waals surface area contributed by atoms with Crippen molar-refractivity contribution in [2.24, 2.45) is 11.8 Å². The Kier molecular flexibility index (Phi) is 5.85. The molecule has 0 bridgehead atoms. The highest BCUT2D eigenvalue weighted by Crippen LogP contribution is 2.19. The van der Waals surface area contributed by atoms with E-state index in [9.17, 15) is 9.59 Å². The summed E-state index contributed by atoms with van der Waals surface area (Å²) in [6, 6.07) is -0.103. The lowest BCUT2D eigenvalue weighted by Crippen LogP contribution is -2.47. The molecule has 2 aliphatic heterocycles. The standard InChI is InChI=1S/C15H27N3O3/c1-17-9-5-12(6-10-17)4-7-16-15(21)18-8-2-3-13(11-18)14(19)20/h12-13H,2-11H2,1H3,(H,16,21)(H,19,20)/t13-/m1/s1. The Morgan fingerprint density at radius 1 is 1.19 bits per heavy atom. The Morgan fingerprint density at radius 3 is 2.57 bits per heavy atom. The second kappa shape index (κ2) is 7.64. The number of nitrogens with zero attached hydrogens (tertiary/aromatic N) is 2. The van der Waals surface area contributed by atoms with Crippen molar-refractivity contribution in [2.75, 3.05) is 39.8 Å². The highest BCUT2D eigenvalue weighted by atomic mass is 16.4. The molecule has 6 nitrogen and oxygen atoms in total. The van der Waals surface area contributed by atoms with E-state index in [0.717, 1.165) is 25.9 Å². The maximum atomic E-state index is 12.1. The van der Waals surface area contributed by atoms with Crippen LogP contribution in [-0.2, 0) is 4.79 Å². The molecule has 2 fully saturated rings. The third-order valence-electron chi connectivity index (χ3n) is 4.72. The van der Waals surface area contributed by atoms with Gasteiger partial charge in [0, 0.05) is 19.6 Å². The van der Waals surface area contributed by atoms with Crippen LogP contribution in [0.4, 0.5) is 4.79 Å². The van der Waals surface area contributed by atoms with Gasteiger partial charge in [-0.25, -0.2) is 4.79 Å². The molecule has 2 aliphatic rings. The van der Waals surface area contributed by atoms with Crippen LogP contribution in [-0.4, -0.2) is 66.7 Å². The fourth-order valence-corrected chi connectivity index (χ4v) is 3.21. The number of aliphatic carboxylic acids is 1. The van der Waals surface area contributed by atoms with Gasteiger partial charge in [-0.05, 0) is 58.2 Å². The fraction of sp³-hybridized carbons (Fsp3) is 0.867. The molecule has 0 aliphatic carbocycles. The summed E-state index contributed by atoms with van der Waals surface area (Å²) in [6.45, 7) is 4.00. The van der Waals surface area contributed by atoms with Gasteiger partial charge in [0.15, 0.2) is 0 Å². The van der Waals surface area contributed by atoms with E-state index >= 15 is 0 Å². The number of carbonyl (C=O) groups is 2.